The molecule has 8 nitrogen and oxygen atoms in total. The van der Waals surface area contributed by atoms with Gasteiger partial charge >= 0.3 is 0 Å². The number of sulfonamides is 1. The van der Waals surface area contributed by atoms with Crippen molar-refractivity contribution in [3.63, 3.8) is 0 Å². The number of benzene rings is 2. The van der Waals surface area contributed by atoms with Crippen molar-refractivity contribution in [3.8, 4) is 0 Å². The molecule has 0 bridgehead atoms. The van der Waals surface area contributed by atoms with Gasteiger partial charge in [-0.15, -0.1) is 0 Å². The van der Waals surface area contributed by atoms with Crippen LogP contribution in [0.2, 0.25) is 0 Å². The Morgan fingerprint density at radius 2 is 1.71 bits per heavy atom. The first kappa shape index (κ1) is 25.6. The Bertz CT molecular complexity index is 1130. The summed E-state index contributed by atoms with van der Waals surface area (Å²) >= 11 is 0. The first-order valence-corrected chi connectivity index (χ1v) is 12.7. The molecule has 0 spiro atoms. The summed E-state index contributed by atoms with van der Waals surface area (Å²) in [5.41, 5.74) is 1.67. The molecule has 0 atom stereocenters. The van der Waals surface area contributed by atoms with E-state index in [2.05, 4.69) is 10.2 Å². The highest BCUT2D eigenvalue weighted by atomic mass is 32.2. The number of halogens is 1. The maximum Gasteiger partial charge on any atom is 0.256 e. The van der Waals surface area contributed by atoms with Crippen molar-refractivity contribution in [2.24, 2.45) is 0 Å². The lowest BCUT2D eigenvalue weighted by Gasteiger charge is -2.26. The summed E-state index contributed by atoms with van der Waals surface area (Å²) in [5, 5.41) is 2.74. The molecule has 1 heterocycles. The lowest BCUT2D eigenvalue weighted by atomic mass is 10.1. The predicted octanol–water partition coefficient (Wildman–Crippen LogP) is 2.45. The van der Waals surface area contributed by atoms with E-state index in [9.17, 15) is 22.4 Å². The van der Waals surface area contributed by atoms with E-state index in [4.69, 9.17) is 0 Å². The van der Waals surface area contributed by atoms with Crippen LogP contribution in [0.5, 0.6) is 0 Å². The zero-order valence-corrected chi connectivity index (χ0v) is 20.6. The summed E-state index contributed by atoms with van der Waals surface area (Å²) in [6, 6.07) is 10.4. The summed E-state index contributed by atoms with van der Waals surface area (Å²) in [4.78, 5) is 29.6. The number of amides is 2. The normalized spacial score (nSPS) is 13.9. The molecule has 1 fully saturated rings. The van der Waals surface area contributed by atoms with E-state index in [1.54, 1.807) is 25.1 Å². The number of likely N-dealkylation sites (N-methyl/N-ethyl adjacent to an activating group) is 1. The summed E-state index contributed by atoms with van der Waals surface area (Å²) in [6.07, 6.45) is 1.99. The third kappa shape index (κ3) is 5.92. The Labute approximate surface area is 200 Å². The van der Waals surface area contributed by atoms with Crippen molar-refractivity contribution in [1.29, 1.82) is 0 Å². The van der Waals surface area contributed by atoms with Gasteiger partial charge in [-0.2, -0.15) is 0 Å². The smallest absolute Gasteiger partial charge is 0.256 e. The summed E-state index contributed by atoms with van der Waals surface area (Å²) < 4.78 is 39.6. The molecule has 1 aliphatic heterocycles. The molecule has 34 heavy (non-hydrogen) atoms. The van der Waals surface area contributed by atoms with Gasteiger partial charge in [0.05, 0.1) is 17.0 Å². The molecule has 2 amide bonds. The SMILES string of the molecule is CCN(CC(=O)NCc1ccc(F)cc1)C(=O)c1cc(S(=O)(=O)N(C)C)ccc1N1CCCC1. The maximum atomic E-state index is 13.5. The van der Waals surface area contributed by atoms with Crippen LogP contribution >= 0.6 is 0 Å². The van der Waals surface area contributed by atoms with Gasteiger partial charge in [-0.1, -0.05) is 12.1 Å². The van der Waals surface area contributed by atoms with Crippen LogP contribution in [0.3, 0.4) is 0 Å². The average molecular weight is 491 g/mol. The lowest BCUT2D eigenvalue weighted by Crippen LogP contribution is -2.41. The Balaban J connectivity index is 1.82. The summed E-state index contributed by atoms with van der Waals surface area (Å²) in [6.45, 7) is 3.63. The minimum Gasteiger partial charge on any atom is -0.371 e. The van der Waals surface area contributed by atoms with Crippen molar-refractivity contribution in [2.45, 2.75) is 31.2 Å². The van der Waals surface area contributed by atoms with Gasteiger partial charge in [0.15, 0.2) is 0 Å². The number of nitrogens with zero attached hydrogens (tertiary/aromatic N) is 3. The number of rotatable bonds is 9. The van der Waals surface area contributed by atoms with Crippen molar-refractivity contribution in [2.75, 3.05) is 45.2 Å². The van der Waals surface area contributed by atoms with Gasteiger partial charge in [0, 0.05) is 46.0 Å². The average Bonchev–Trinajstić information content (AvgIpc) is 3.36. The van der Waals surface area contributed by atoms with E-state index >= 15 is 0 Å². The molecule has 1 N–H and O–H groups in total. The molecule has 0 saturated carbocycles. The number of hydrogen-bond donors (Lipinski definition) is 1. The fourth-order valence-corrected chi connectivity index (χ4v) is 4.75. The van der Waals surface area contributed by atoms with Crippen LogP contribution in [0.25, 0.3) is 0 Å². The molecule has 3 rings (SSSR count). The molecule has 10 heteroatoms. The minimum absolute atomic E-state index is 0.0283. The van der Waals surface area contributed by atoms with Crippen molar-refractivity contribution >= 4 is 27.5 Å². The largest absolute Gasteiger partial charge is 0.371 e. The van der Waals surface area contributed by atoms with Crippen LogP contribution < -0.4 is 10.2 Å². The van der Waals surface area contributed by atoms with Gasteiger partial charge < -0.3 is 15.1 Å². The van der Waals surface area contributed by atoms with Crippen LogP contribution in [-0.4, -0.2) is 69.7 Å². The molecular weight excluding hydrogens is 459 g/mol. The van der Waals surface area contributed by atoms with E-state index in [1.807, 2.05) is 0 Å². The summed E-state index contributed by atoms with van der Waals surface area (Å²) in [7, 11) is -0.854. The Morgan fingerprint density at radius 1 is 1.06 bits per heavy atom. The van der Waals surface area contributed by atoms with Gasteiger partial charge in [0.2, 0.25) is 15.9 Å². The van der Waals surface area contributed by atoms with Crippen molar-refractivity contribution in [3.05, 3.63) is 59.4 Å². The Kier molecular flexibility index (Phi) is 8.27. The van der Waals surface area contributed by atoms with Gasteiger partial charge in [-0.05, 0) is 55.7 Å². The second-order valence-corrected chi connectivity index (χ2v) is 10.5. The van der Waals surface area contributed by atoms with E-state index in [1.165, 1.54) is 43.3 Å². The van der Waals surface area contributed by atoms with E-state index < -0.39 is 15.9 Å². The molecule has 0 unspecified atom stereocenters. The Morgan fingerprint density at radius 3 is 2.29 bits per heavy atom. The van der Waals surface area contributed by atoms with Crippen LogP contribution in [0.4, 0.5) is 10.1 Å². The molecule has 0 aromatic heterocycles. The second-order valence-electron chi connectivity index (χ2n) is 8.38. The molecule has 2 aromatic rings. The van der Waals surface area contributed by atoms with E-state index in [0.717, 1.165) is 35.8 Å². The van der Waals surface area contributed by atoms with Gasteiger partial charge in [-0.25, -0.2) is 17.1 Å². The number of hydrogen-bond acceptors (Lipinski definition) is 5. The second kappa shape index (κ2) is 11.0. The van der Waals surface area contributed by atoms with Crippen LogP contribution in [-0.2, 0) is 21.4 Å². The van der Waals surface area contributed by atoms with Crippen molar-refractivity contribution in [1.82, 2.24) is 14.5 Å². The number of anilines is 1. The third-order valence-electron chi connectivity index (χ3n) is 5.83. The van der Waals surface area contributed by atoms with E-state index in [-0.39, 0.29) is 41.8 Å². The van der Waals surface area contributed by atoms with Gasteiger partial charge in [-0.3, -0.25) is 9.59 Å². The van der Waals surface area contributed by atoms with Crippen LogP contribution in [0.15, 0.2) is 47.4 Å². The van der Waals surface area contributed by atoms with Gasteiger partial charge in [0.25, 0.3) is 5.91 Å². The standard InChI is InChI=1S/C24H31FN4O4S/c1-4-28(17-23(30)26-16-18-7-9-19(25)10-8-18)24(31)21-15-20(34(32,33)27(2)3)11-12-22(21)29-13-5-6-14-29/h7-12,15H,4-6,13-14,16-17H2,1-3H3,(H,26,30). The maximum absolute atomic E-state index is 13.5. The van der Waals surface area contributed by atoms with Crippen molar-refractivity contribution < 1.29 is 22.4 Å². The number of nitrogens with one attached hydrogen (secondary N) is 1. The van der Waals surface area contributed by atoms with Crippen LogP contribution in [0.1, 0.15) is 35.7 Å². The number of carbonyl (C=O) groups excluding carboxylic acids is 2. The highest BCUT2D eigenvalue weighted by Gasteiger charge is 2.27. The van der Waals surface area contributed by atoms with Gasteiger partial charge in [0.1, 0.15) is 5.82 Å². The highest BCUT2D eigenvalue weighted by Crippen LogP contribution is 2.29. The topological polar surface area (TPSA) is 90.0 Å². The predicted molar refractivity (Wildman–Crippen MR) is 129 cm³/mol. The van der Waals surface area contributed by atoms with E-state index in [0.29, 0.717) is 5.69 Å². The summed E-state index contributed by atoms with van der Waals surface area (Å²) in [5.74, 6) is -1.12. The first-order valence-electron chi connectivity index (χ1n) is 11.3. The highest BCUT2D eigenvalue weighted by molar-refractivity contribution is 7.89. The molecule has 0 aliphatic carbocycles. The molecule has 2 aromatic carbocycles. The molecular formula is C24H31FN4O4S. The monoisotopic (exact) mass is 490 g/mol. The fraction of sp³-hybridized carbons (Fsp3) is 0.417. The molecule has 184 valence electrons. The molecule has 0 radical (unpaired) electrons. The molecule has 1 aliphatic rings. The third-order valence-corrected chi connectivity index (χ3v) is 7.64. The number of carbonyl (C=O) groups is 2. The zero-order valence-electron chi connectivity index (χ0n) is 19.8. The Hall–Kier alpha value is -2.98. The quantitative estimate of drug-likeness (QED) is 0.583. The fourth-order valence-electron chi connectivity index (χ4n) is 3.82. The zero-order chi connectivity index (χ0) is 24.9. The molecule has 1 saturated heterocycles. The lowest BCUT2D eigenvalue weighted by molar-refractivity contribution is -0.121. The first-order chi connectivity index (χ1) is 16.1. The minimum atomic E-state index is -3.73. The van der Waals surface area contributed by atoms with Crippen LogP contribution in [0, 0.1) is 5.82 Å².